The number of thiazole rings is 1. The fourth-order valence-electron chi connectivity index (χ4n) is 3.16. The van der Waals surface area contributed by atoms with Gasteiger partial charge in [-0.05, 0) is 73.8 Å². The van der Waals surface area contributed by atoms with Gasteiger partial charge in [0.1, 0.15) is 21.4 Å². The summed E-state index contributed by atoms with van der Waals surface area (Å²) in [7, 11) is 0.188. The van der Waals surface area contributed by atoms with Crippen molar-refractivity contribution < 1.29 is 18.0 Å². The van der Waals surface area contributed by atoms with Gasteiger partial charge in [-0.1, -0.05) is 20.7 Å². The van der Waals surface area contributed by atoms with E-state index in [0.717, 1.165) is 26.9 Å². The second-order valence-electron chi connectivity index (χ2n) is 7.19. The van der Waals surface area contributed by atoms with Crippen LogP contribution in [0.15, 0.2) is 18.3 Å². The van der Waals surface area contributed by atoms with Crippen molar-refractivity contribution in [1.82, 2.24) is 9.36 Å². The SMILES string of the molecule is CC(=O)CCc1ccc(PCc2c(-c3ncc(C)s3)nsc2C(F)(F)F)c(C)c1C. The zero-order chi connectivity index (χ0) is 22.1. The highest BCUT2D eigenvalue weighted by Gasteiger charge is 2.38. The number of aromatic nitrogens is 2. The van der Waals surface area contributed by atoms with E-state index >= 15 is 0 Å². The Balaban J connectivity index is 1.89. The van der Waals surface area contributed by atoms with E-state index in [-0.39, 0.29) is 26.1 Å². The minimum Gasteiger partial charge on any atom is -0.300 e. The van der Waals surface area contributed by atoms with Gasteiger partial charge in [0.05, 0.1) is 0 Å². The summed E-state index contributed by atoms with van der Waals surface area (Å²) in [5, 5.41) is 1.58. The van der Waals surface area contributed by atoms with Crippen molar-refractivity contribution in [2.45, 2.75) is 52.9 Å². The molecular formula is C21H22F3N2OPS2. The first kappa shape index (κ1) is 23.0. The number of nitrogens with zero attached hydrogens (tertiary/aromatic N) is 2. The number of aryl methyl sites for hydroxylation is 2. The molecule has 1 unspecified atom stereocenters. The van der Waals surface area contributed by atoms with E-state index in [0.29, 0.717) is 35.1 Å². The van der Waals surface area contributed by atoms with Crippen LogP contribution in [0.2, 0.25) is 0 Å². The van der Waals surface area contributed by atoms with Crippen LogP contribution >= 0.6 is 31.4 Å². The highest BCUT2D eigenvalue weighted by Crippen LogP contribution is 2.43. The Bertz CT molecular complexity index is 1070. The van der Waals surface area contributed by atoms with Crippen molar-refractivity contribution in [2.75, 3.05) is 0 Å². The predicted octanol–water partition coefficient (Wildman–Crippen LogP) is 6.24. The Kier molecular flexibility index (Phi) is 7.10. The molecule has 0 saturated heterocycles. The van der Waals surface area contributed by atoms with Crippen LogP contribution in [0.25, 0.3) is 10.7 Å². The van der Waals surface area contributed by atoms with E-state index in [4.69, 9.17) is 0 Å². The van der Waals surface area contributed by atoms with Crippen LogP contribution in [0.1, 0.15) is 45.4 Å². The van der Waals surface area contributed by atoms with Crippen LogP contribution in [-0.2, 0) is 23.6 Å². The van der Waals surface area contributed by atoms with Gasteiger partial charge in [-0.25, -0.2) is 4.98 Å². The molecule has 3 aromatic rings. The Morgan fingerprint density at radius 1 is 1.17 bits per heavy atom. The van der Waals surface area contributed by atoms with E-state index in [2.05, 4.69) is 9.36 Å². The van der Waals surface area contributed by atoms with Gasteiger partial charge in [0.15, 0.2) is 0 Å². The second-order valence-corrected chi connectivity index (χ2v) is 10.4. The zero-order valence-electron chi connectivity index (χ0n) is 17.1. The van der Waals surface area contributed by atoms with Crippen molar-refractivity contribution in [3.8, 4) is 10.7 Å². The Labute approximate surface area is 183 Å². The third-order valence-electron chi connectivity index (χ3n) is 4.97. The molecular weight excluding hydrogens is 448 g/mol. The maximum Gasteiger partial charge on any atom is 0.427 e. The second kappa shape index (κ2) is 9.25. The molecule has 0 spiro atoms. The molecule has 0 aliphatic carbocycles. The van der Waals surface area contributed by atoms with Crippen LogP contribution in [0, 0.1) is 20.8 Å². The molecule has 0 amide bonds. The summed E-state index contributed by atoms with van der Waals surface area (Å²) in [5.74, 6) is 0.146. The molecule has 1 aromatic carbocycles. The van der Waals surface area contributed by atoms with Gasteiger partial charge in [0.25, 0.3) is 0 Å². The molecule has 0 fully saturated rings. The molecule has 9 heteroatoms. The van der Waals surface area contributed by atoms with Crippen LogP contribution in [0.3, 0.4) is 0 Å². The van der Waals surface area contributed by atoms with Crippen molar-refractivity contribution >= 4 is 42.5 Å². The number of carbonyl (C=O) groups is 1. The number of carbonyl (C=O) groups excluding carboxylic acids is 1. The molecule has 0 saturated carbocycles. The van der Waals surface area contributed by atoms with E-state index in [9.17, 15) is 18.0 Å². The molecule has 0 radical (unpaired) electrons. The molecule has 0 bridgehead atoms. The summed E-state index contributed by atoms with van der Waals surface area (Å²) >= 11 is 1.86. The minimum absolute atomic E-state index is 0.146. The predicted molar refractivity (Wildman–Crippen MR) is 120 cm³/mol. The van der Waals surface area contributed by atoms with E-state index in [1.165, 1.54) is 11.3 Å². The number of Topliss-reactive ketones (excluding diaryl/α,β-unsaturated/α-hetero) is 1. The number of benzene rings is 1. The standard InChI is InChI=1S/C21H22F3N2OPS2/c1-11(27)5-6-15-7-8-17(14(4)13(15)3)28-10-16-18(20-25-9-12(2)29-20)26-30-19(16)21(22,23)24/h7-9,28H,5-6,10H2,1-4H3. The smallest absolute Gasteiger partial charge is 0.300 e. The summed E-state index contributed by atoms with van der Waals surface area (Å²) in [6.07, 6.45) is -1.32. The molecule has 30 heavy (non-hydrogen) atoms. The van der Waals surface area contributed by atoms with Crippen molar-refractivity contribution in [3.05, 3.63) is 50.3 Å². The van der Waals surface area contributed by atoms with Gasteiger partial charge >= 0.3 is 6.18 Å². The number of hydrogen-bond acceptors (Lipinski definition) is 5. The molecule has 160 valence electrons. The number of rotatable bonds is 7. The van der Waals surface area contributed by atoms with Crippen LogP contribution in [-0.4, -0.2) is 15.1 Å². The zero-order valence-corrected chi connectivity index (χ0v) is 19.7. The summed E-state index contributed by atoms with van der Waals surface area (Å²) in [6, 6.07) is 3.98. The van der Waals surface area contributed by atoms with Crippen LogP contribution < -0.4 is 5.30 Å². The topological polar surface area (TPSA) is 42.9 Å². The number of ketones is 1. The lowest BCUT2D eigenvalue weighted by Gasteiger charge is -2.14. The van der Waals surface area contributed by atoms with Gasteiger partial charge in [-0.2, -0.15) is 17.5 Å². The molecule has 3 rings (SSSR count). The summed E-state index contributed by atoms with van der Waals surface area (Å²) in [5.41, 5.74) is 3.89. The van der Waals surface area contributed by atoms with Crippen LogP contribution in [0.4, 0.5) is 13.2 Å². The molecule has 2 heterocycles. The molecule has 0 aliphatic rings. The van der Waals surface area contributed by atoms with Crippen LogP contribution in [0.5, 0.6) is 0 Å². The maximum atomic E-state index is 13.6. The third-order valence-corrected chi connectivity index (χ3v) is 8.28. The quantitative estimate of drug-likeness (QED) is 0.384. The van der Waals surface area contributed by atoms with Crippen molar-refractivity contribution in [3.63, 3.8) is 0 Å². The number of hydrogen-bond donors (Lipinski definition) is 0. The largest absolute Gasteiger partial charge is 0.427 e. The highest BCUT2D eigenvalue weighted by atomic mass is 32.1. The molecule has 0 aliphatic heterocycles. The normalized spacial score (nSPS) is 12.2. The fraction of sp³-hybridized carbons (Fsp3) is 0.381. The maximum absolute atomic E-state index is 13.6. The average Bonchev–Trinajstić information content (AvgIpc) is 3.27. The fourth-order valence-corrected chi connectivity index (χ4v) is 6.26. The monoisotopic (exact) mass is 470 g/mol. The first-order valence-corrected chi connectivity index (χ1v) is 12.2. The van der Waals surface area contributed by atoms with Gasteiger partial charge in [-0.3, -0.25) is 0 Å². The van der Waals surface area contributed by atoms with E-state index < -0.39 is 11.1 Å². The van der Waals surface area contributed by atoms with Gasteiger partial charge in [0, 0.05) is 23.1 Å². The van der Waals surface area contributed by atoms with Gasteiger partial charge < -0.3 is 4.79 Å². The Morgan fingerprint density at radius 3 is 2.50 bits per heavy atom. The Hall–Kier alpha value is -1.63. The highest BCUT2D eigenvalue weighted by molar-refractivity contribution is 7.46. The molecule has 3 nitrogen and oxygen atoms in total. The lowest BCUT2D eigenvalue weighted by Crippen LogP contribution is -2.09. The van der Waals surface area contributed by atoms with Crippen molar-refractivity contribution in [2.24, 2.45) is 0 Å². The molecule has 0 N–H and O–H groups in total. The molecule has 1 atom stereocenters. The van der Waals surface area contributed by atoms with E-state index in [1.807, 2.05) is 32.9 Å². The number of halogens is 3. The molecule has 2 aromatic heterocycles. The average molecular weight is 471 g/mol. The summed E-state index contributed by atoms with van der Waals surface area (Å²) in [6.45, 7) is 7.46. The first-order valence-electron chi connectivity index (χ1n) is 9.39. The van der Waals surface area contributed by atoms with Crippen molar-refractivity contribution in [1.29, 1.82) is 0 Å². The lowest BCUT2D eigenvalue weighted by atomic mass is 9.99. The van der Waals surface area contributed by atoms with Gasteiger partial charge in [-0.15, -0.1) is 11.3 Å². The summed E-state index contributed by atoms with van der Waals surface area (Å²) in [4.78, 5) is 15.8. The Morgan fingerprint density at radius 2 is 1.90 bits per heavy atom. The minimum atomic E-state index is -4.43. The third kappa shape index (κ3) is 5.16. The lowest BCUT2D eigenvalue weighted by molar-refractivity contribution is -0.134. The number of alkyl halides is 3. The van der Waals surface area contributed by atoms with Gasteiger partial charge in [0.2, 0.25) is 0 Å². The summed E-state index contributed by atoms with van der Waals surface area (Å²) < 4.78 is 44.9. The van der Waals surface area contributed by atoms with E-state index in [1.54, 1.807) is 13.1 Å². The first-order chi connectivity index (χ1) is 14.1.